The van der Waals surface area contributed by atoms with Crippen molar-refractivity contribution in [3.8, 4) is 0 Å². The largest absolute Gasteiger partial charge is 0.396 e. The van der Waals surface area contributed by atoms with Gasteiger partial charge in [0.25, 0.3) is 0 Å². The first-order valence-electron chi connectivity index (χ1n) is 11.5. The van der Waals surface area contributed by atoms with Crippen molar-refractivity contribution in [2.45, 2.75) is 70.4 Å². The van der Waals surface area contributed by atoms with Crippen LogP contribution in [0.3, 0.4) is 0 Å². The lowest BCUT2D eigenvalue weighted by atomic mass is 9.85. The van der Waals surface area contributed by atoms with Gasteiger partial charge in [0, 0.05) is 36.2 Å². The van der Waals surface area contributed by atoms with Crippen LogP contribution in [0.15, 0.2) is 53.4 Å². The minimum atomic E-state index is -3.72. The SMILES string of the molecule is CC1CCCCC1N(Cc1ccc(C(=O)CC(C)(C)CO)cc1)S(=O)(=O)c1ccc(Cl)cc1. The predicted octanol–water partition coefficient (Wildman–Crippen LogP) is 5.70. The fourth-order valence-corrected chi connectivity index (χ4v) is 6.28. The number of Topliss-reactive ketones (excluding diaryl/α,β-unsaturated/α-hetero) is 1. The van der Waals surface area contributed by atoms with E-state index in [-0.39, 0.29) is 42.2 Å². The first-order chi connectivity index (χ1) is 15.5. The second-order valence-corrected chi connectivity index (χ2v) is 12.3. The number of aliphatic hydroxyl groups excluding tert-OH is 1. The van der Waals surface area contributed by atoms with E-state index in [4.69, 9.17) is 11.6 Å². The van der Waals surface area contributed by atoms with Gasteiger partial charge in [0.15, 0.2) is 5.78 Å². The van der Waals surface area contributed by atoms with Crippen molar-refractivity contribution in [2.24, 2.45) is 11.3 Å². The van der Waals surface area contributed by atoms with Crippen LogP contribution in [0.4, 0.5) is 0 Å². The molecule has 0 aromatic heterocycles. The van der Waals surface area contributed by atoms with E-state index in [1.54, 1.807) is 40.7 Å². The summed E-state index contributed by atoms with van der Waals surface area (Å²) in [5, 5.41) is 9.94. The Balaban J connectivity index is 1.87. The van der Waals surface area contributed by atoms with Gasteiger partial charge in [-0.25, -0.2) is 8.42 Å². The quantitative estimate of drug-likeness (QED) is 0.456. The molecular formula is C26H34ClNO4S. The van der Waals surface area contributed by atoms with Gasteiger partial charge in [0.05, 0.1) is 4.90 Å². The Kier molecular flexibility index (Phi) is 8.38. The number of rotatable bonds is 9. The molecular weight excluding hydrogens is 458 g/mol. The molecule has 1 aliphatic rings. The summed E-state index contributed by atoms with van der Waals surface area (Å²) in [6.07, 6.45) is 4.22. The van der Waals surface area contributed by atoms with E-state index in [9.17, 15) is 18.3 Å². The number of sulfonamides is 1. The van der Waals surface area contributed by atoms with Gasteiger partial charge in [-0.2, -0.15) is 4.31 Å². The average Bonchev–Trinajstić information content (AvgIpc) is 2.78. The highest BCUT2D eigenvalue weighted by Gasteiger charge is 2.36. The predicted molar refractivity (Wildman–Crippen MR) is 132 cm³/mol. The van der Waals surface area contributed by atoms with Crippen molar-refractivity contribution in [2.75, 3.05) is 6.61 Å². The van der Waals surface area contributed by atoms with E-state index in [1.807, 2.05) is 26.0 Å². The molecule has 2 unspecified atom stereocenters. The maximum absolute atomic E-state index is 13.7. The zero-order valence-corrected chi connectivity index (χ0v) is 21.2. The highest BCUT2D eigenvalue weighted by molar-refractivity contribution is 7.89. The molecule has 33 heavy (non-hydrogen) atoms. The first kappa shape index (κ1) is 25.9. The fraction of sp³-hybridized carbons (Fsp3) is 0.500. The molecule has 180 valence electrons. The third kappa shape index (κ3) is 6.44. The lowest BCUT2D eigenvalue weighted by Gasteiger charge is -2.37. The Labute approximate surface area is 202 Å². The number of aliphatic hydroxyl groups is 1. The molecule has 0 saturated heterocycles. The second-order valence-electron chi connectivity index (χ2n) is 9.95. The molecule has 2 aromatic carbocycles. The number of nitrogens with zero attached hydrogens (tertiary/aromatic N) is 1. The summed E-state index contributed by atoms with van der Waals surface area (Å²) >= 11 is 5.98. The average molecular weight is 492 g/mol. The maximum Gasteiger partial charge on any atom is 0.243 e. The topological polar surface area (TPSA) is 74.7 Å². The third-order valence-corrected chi connectivity index (χ3v) is 8.68. The van der Waals surface area contributed by atoms with Gasteiger partial charge in [-0.3, -0.25) is 4.79 Å². The van der Waals surface area contributed by atoms with Gasteiger partial charge in [0.2, 0.25) is 10.0 Å². The van der Waals surface area contributed by atoms with E-state index in [1.165, 1.54) is 0 Å². The summed E-state index contributed by atoms with van der Waals surface area (Å²) in [6.45, 7) is 6.01. The molecule has 1 N–H and O–H groups in total. The number of ketones is 1. The van der Waals surface area contributed by atoms with Crippen LogP contribution in [0, 0.1) is 11.3 Å². The zero-order valence-electron chi connectivity index (χ0n) is 19.6. The Morgan fingerprint density at radius 3 is 2.24 bits per heavy atom. The minimum absolute atomic E-state index is 0.0351. The molecule has 1 fully saturated rings. The van der Waals surface area contributed by atoms with E-state index >= 15 is 0 Å². The van der Waals surface area contributed by atoms with Crippen LogP contribution < -0.4 is 0 Å². The number of benzene rings is 2. The minimum Gasteiger partial charge on any atom is -0.396 e. The monoisotopic (exact) mass is 491 g/mol. The summed E-state index contributed by atoms with van der Waals surface area (Å²) in [4.78, 5) is 12.8. The zero-order chi connectivity index (χ0) is 24.2. The smallest absolute Gasteiger partial charge is 0.243 e. The Morgan fingerprint density at radius 1 is 1.06 bits per heavy atom. The van der Waals surface area contributed by atoms with Gasteiger partial charge in [-0.1, -0.05) is 69.5 Å². The molecule has 7 heteroatoms. The van der Waals surface area contributed by atoms with Crippen molar-refractivity contribution in [1.82, 2.24) is 4.31 Å². The Morgan fingerprint density at radius 2 is 1.67 bits per heavy atom. The number of halogens is 1. The van der Waals surface area contributed by atoms with Crippen molar-refractivity contribution in [1.29, 1.82) is 0 Å². The van der Waals surface area contributed by atoms with Crippen LogP contribution >= 0.6 is 11.6 Å². The summed E-state index contributed by atoms with van der Waals surface area (Å²) in [5.41, 5.74) is 0.928. The summed E-state index contributed by atoms with van der Waals surface area (Å²) in [7, 11) is -3.72. The van der Waals surface area contributed by atoms with Gasteiger partial charge in [-0.05, 0) is 54.0 Å². The molecule has 2 atom stereocenters. The maximum atomic E-state index is 13.7. The van der Waals surface area contributed by atoms with Crippen LogP contribution in [-0.4, -0.2) is 36.3 Å². The molecule has 0 aliphatic heterocycles. The summed E-state index contributed by atoms with van der Waals surface area (Å²) in [5.74, 6) is 0.231. The number of hydrogen-bond acceptors (Lipinski definition) is 4. The number of carbonyl (C=O) groups is 1. The molecule has 0 spiro atoms. The van der Waals surface area contributed by atoms with Crippen LogP contribution in [0.2, 0.25) is 5.02 Å². The van der Waals surface area contributed by atoms with Crippen LogP contribution in [0.1, 0.15) is 68.8 Å². The van der Waals surface area contributed by atoms with E-state index in [0.29, 0.717) is 10.6 Å². The molecule has 0 bridgehead atoms. The molecule has 0 radical (unpaired) electrons. The number of hydrogen-bond donors (Lipinski definition) is 1. The lowest BCUT2D eigenvalue weighted by Crippen LogP contribution is -2.44. The van der Waals surface area contributed by atoms with Gasteiger partial charge < -0.3 is 5.11 Å². The van der Waals surface area contributed by atoms with Crippen molar-refractivity contribution >= 4 is 27.4 Å². The van der Waals surface area contributed by atoms with E-state index in [2.05, 4.69) is 6.92 Å². The van der Waals surface area contributed by atoms with E-state index < -0.39 is 15.4 Å². The Hall–Kier alpha value is -1.73. The highest BCUT2D eigenvalue weighted by Crippen LogP contribution is 2.33. The second kappa shape index (κ2) is 10.7. The lowest BCUT2D eigenvalue weighted by molar-refractivity contribution is 0.0858. The normalized spacial score (nSPS) is 19.6. The molecule has 3 rings (SSSR count). The van der Waals surface area contributed by atoms with Crippen molar-refractivity contribution in [3.05, 3.63) is 64.7 Å². The van der Waals surface area contributed by atoms with Gasteiger partial charge in [-0.15, -0.1) is 0 Å². The van der Waals surface area contributed by atoms with Crippen molar-refractivity contribution < 1.29 is 18.3 Å². The molecule has 5 nitrogen and oxygen atoms in total. The highest BCUT2D eigenvalue weighted by atomic mass is 35.5. The molecule has 0 amide bonds. The molecule has 2 aromatic rings. The first-order valence-corrected chi connectivity index (χ1v) is 13.4. The fourth-order valence-electron chi connectivity index (χ4n) is 4.42. The van der Waals surface area contributed by atoms with Gasteiger partial charge in [0.1, 0.15) is 0 Å². The van der Waals surface area contributed by atoms with Crippen molar-refractivity contribution in [3.63, 3.8) is 0 Å². The Bertz CT molecular complexity index is 1050. The summed E-state index contributed by atoms with van der Waals surface area (Å²) in [6, 6.07) is 13.4. The van der Waals surface area contributed by atoms with Crippen LogP contribution in [0.5, 0.6) is 0 Å². The van der Waals surface area contributed by atoms with Gasteiger partial charge >= 0.3 is 0 Å². The molecule has 1 saturated carbocycles. The number of carbonyl (C=O) groups excluding carboxylic acids is 1. The molecule has 0 heterocycles. The van der Waals surface area contributed by atoms with Crippen LogP contribution in [-0.2, 0) is 16.6 Å². The molecule has 1 aliphatic carbocycles. The third-order valence-electron chi connectivity index (χ3n) is 6.54. The standard InChI is InChI=1S/C26H34ClNO4S/c1-19-6-4-5-7-24(19)28(33(31,32)23-14-12-22(27)13-15-23)17-20-8-10-21(11-9-20)25(30)16-26(2,3)18-29/h8-15,19,24,29H,4-7,16-18H2,1-3H3. The van der Waals surface area contributed by atoms with E-state index in [0.717, 1.165) is 31.2 Å². The van der Waals surface area contributed by atoms with Crippen LogP contribution in [0.25, 0.3) is 0 Å². The summed E-state index contributed by atoms with van der Waals surface area (Å²) < 4.78 is 29.0.